The molecule has 0 spiro atoms. The van der Waals surface area contributed by atoms with Gasteiger partial charge in [0.25, 0.3) is 5.71 Å². The summed E-state index contributed by atoms with van der Waals surface area (Å²) in [4.78, 5) is 29.6. The van der Waals surface area contributed by atoms with Gasteiger partial charge >= 0.3 is 5.97 Å². The van der Waals surface area contributed by atoms with Gasteiger partial charge in [0.1, 0.15) is 12.5 Å². The Morgan fingerprint density at radius 1 is 1.41 bits per heavy atom. The first-order chi connectivity index (χ1) is 10.5. The number of esters is 1. The Labute approximate surface area is 127 Å². The molecule has 7 nitrogen and oxygen atoms in total. The molecule has 0 saturated heterocycles. The molecule has 1 aromatic carbocycles. The van der Waals surface area contributed by atoms with Crippen LogP contribution in [0.4, 0.5) is 0 Å². The zero-order chi connectivity index (χ0) is 16.3. The summed E-state index contributed by atoms with van der Waals surface area (Å²) in [5.41, 5.74) is -1.72. The van der Waals surface area contributed by atoms with Crippen molar-refractivity contribution in [2.75, 3.05) is 13.2 Å². The molecule has 0 bridgehead atoms. The molecular weight excluding hydrogens is 290 g/mol. The van der Waals surface area contributed by atoms with Crippen molar-refractivity contribution in [2.24, 2.45) is 0 Å². The molecular formula is C15H17NO6. The molecule has 1 aromatic rings. The average molecular weight is 307 g/mol. The highest BCUT2D eigenvalue weighted by Gasteiger charge is 2.61. The maximum atomic E-state index is 12.4. The van der Waals surface area contributed by atoms with E-state index in [2.05, 4.69) is 0 Å². The molecule has 1 unspecified atom stereocenters. The van der Waals surface area contributed by atoms with Gasteiger partial charge in [-0.05, 0) is 19.4 Å². The minimum atomic E-state index is -2.11. The van der Waals surface area contributed by atoms with E-state index in [1.54, 1.807) is 37.3 Å². The van der Waals surface area contributed by atoms with E-state index in [0.717, 1.165) is 6.92 Å². The summed E-state index contributed by atoms with van der Waals surface area (Å²) in [5.74, 6) is -2.64. The monoisotopic (exact) mass is 307 g/mol. The molecule has 0 amide bonds. The van der Waals surface area contributed by atoms with Gasteiger partial charge in [-0.25, -0.2) is 4.79 Å². The van der Waals surface area contributed by atoms with Crippen molar-refractivity contribution in [1.29, 1.82) is 0 Å². The van der Waals surface area contributed by atoms with Crippen LogP contribution in [0.1, 0.15) is 25.3 Å². The SMILES string of the molecule is CCOC(=O)C1(C(C)=O)O[N+]([O-])=C(CO)[C@H]1c1ccccc1. The summed E-state index contributed by atoms with van der Waals surface area (Å²) >= 11 is 0. The van der Waals surface area contributed by atoms with Crippen LogP contribution in [-0.4, -0.2) is 46.3 Å². The fraction of sp³-hybridized carbons (Fsp3) is 0.400. The van der Waals surface area contributed by atoms with Crippen LogP contribution in [0.5, 0.6) is 0 Å². The van der Waals surface area contributed by atoms with Crippen molar-refractivity contribution >= 4 is 17.5 Å². The highest BCUT2D eigenvalue weighted by Crippen LogP contribution is 2.39. The first-order valence-electron chi connectivity index (χ1n) is 6.85. The van der Waals surface area contributed by atoms with E-state index in [4.69, 9.17) is 9.57 Å². The molecule has 1 aliphatic heterocycles. The Kier molecular flexibility index (Phi) is 4.46. The van der Waals surface area contributed by atoms with Crippen LogP contribution in [0.25, 0.3) is 0 Å². The standard InChI is InChI=1S/C15H17NO6/c1-3-21-14(19)15(10(2)18)13(11-7-5-4-6-8-11)12(9-17)16(20)22-15/h4-8,13,17H,3,9H2,1-2H3/t13-,15?/m1/s1. The number of carbonyl (C=O) groups excluding carboxylic acids is 2. The van der Waals surface area contributed by atoms with Crippen molar-refractivity contribution in [3.63, 3.8) is 0 Å². The normalized spacial score (nSPS) is 24.0. The third-order valence-corrected chi connectivity index (χ3v) is 3.60. The molecule has 7 heteroatoms. The van der Waals surface area contributed by atoms with E-state index in [1.165, 1.54) is 0 Å². The lowest BCUT2D eigenvalue weighted by Gasteiger charge is -2.30. The second kappa shape index (κ2) is 6.15. The van der Waals surface area contributed by atoms with Gasteiger partial charge in [-0.2, -0.15) is 0 Å². The number of aliphatic hydroxyl groups excluding tert-OH is 1. The molecule has 0 saturated carbocycles. The van der Waals surface area contributed by atoms with Crippen LogP contribution in [0, 0.1) is 5.21 Å². The van der Waals surface area contributed by atoms with Gasteiger partial charge in [0, 0.05) is 4.90 Å². The lowest BCUT2D eigenvalue weighted by molar-refractivity contribution is -0.744. The van der Waals surface area contributed by atoms with Crippen molar-refractivity contribution in [1.82, 2.24) is 0 Å². The van der Waals surface area contributed by atoms with Gasteiger partial charge in [0.15, 0.2) is 5.78 Å². The maximum Gasteiger partial charge on any atom is 0.337 e. The highest BCUT2D eigenvalue weighted by atomic mass is 16.9. The van der Waals surface area contributed by atoms with E-state index in [0.29, 0.717) is 5.56 Å². The second-order valence-corrected chi connectivity index (χ2v) is 4.85. The minimum absolute atomic E-state index is 0.0338. The molecule has 0 aromatic heterocycles. The third-order valence-electron chi connectivity index (χ3n) is 3.60. The largest absolute Gasteiger partial charge is 0.464 e. The molecule has 0 fully saturated rings. The maximum absolute atomic E-state index is 12.4. The summed E-state index contributed by atoms with van der Waals surface area (Å²) in [5, 5.41) is 21.4. The highest BCUT2D eigenvalue weighted by molar-refractivity contribution is 6.13. The molecule has 1 aliphatic rings. The van der Waals surface area contributed by atoms with Crippen molar-refractivity contribution in [3.8, 4) is 0 Å². The van der Waals surface area contributed by atoms with Crippen LogP contribution in [-0.2, 0) is 19.2 Å². The molecule has 1 N–H and O–H groups in total. The molecule has 2 atom stereocenters. The summed E-state index contributed by atoms with van der Waals surface area (Å²) in [6, 6.07) is 8.47. The molecule has 0 aliphatic carbocycles. The Morgan fingerprint density at radius 3 is 2.55 bits per heavy atom. The Hall–Kier alpha value is -2.41. The van der Waals surface area contributed by atoms with Crippen LogP contribution >= 0.6 is 0 Å². The number of ether oxygens (including phenoxy) is 1. The zero-order valence-electron chi connectivity index (χ0n) is 12.3. The molecule has 22 heavy (non-hydrogen) atoms. The van der Waals surface area contributed by atoms with E-state index in [1.807, 2.05) is 0 Å². The summed E-state index contributed by atoms with van der Waals surface area (Å²) in [7, 11) is 0. The first-order valence-corrected chi connectivity index (χ1v) is 6.85. The molecule has 118 valence electrons. The number of carbonyl (C=O) groups is 2. The number of Topliss-reactive ketones (excluding diaryl/α,β-unsaturated/α-hetero) is 1. The summed E-state index contributed by atoms with van der Waals surface area (Å²) in [6.45, 7) is 2.13. The minimum Gasteiger partial charge on any atom is -0.464 e. The second-order valence-electron chi connectivity index (χ2n) is 4.85. The van der Waals surface area contributed by atoms with E-state index >= 15 is 0 Å². The van der Waals surface area contributed by atoms with Crippen LogP contribution in [0.15, 0.2) is 30.3 Å². The van der Waals surface area contributed by atoms with Gasteiger partial charge in [-0.15, -0.1) is 0 Å². The Bertz CT molecular complexity index is 612. The summed E-state index contributed by atoms with van der Waals surface area (Å²) in [6.07, 6.45) is 0. The summed E-state index contributed by atoms with van der Waals surface area (Å²) < 4.78 is 4.94. The number of nitrogens with zero attached hydrogens (tertiary/aromatic N) is 1. The molecule has 0 radical (unpaired) electrons. The molecule has 1 heterocycles. The predicted molar refractivity (Wildman–Crippen MR) is 76.0 cm³/mol. The number of ketones is 1. The van der Waals surface area contributed by atoms with Crippen LogP contribution < -0.4 is 0 Å². The predicted octanol–water partition coefficient (Wildman–Crippen LogP) is 0.550. The number of aliphatic hydroxyl groups is 1. The lowest BCUT2D eigenvalue weighted by atomic mass is 9.77. The van der Waals surface area contributed by atoms with Gasteiger partial charge in [-0.1, -0.05) is 30.3 Å². The zero-order valence-corrected chi connectivity index (χ0v) is 12.3. The van der Waals surface area contributed by atoms with Crippen LogP contribution in [0.3, 0.4) is 0 Å². The number of hydrogen-bond donors (Lipinski definition) is 1. The van der Waals surface area contributed by atoms with Gasteiger partial charge in [0.2, 0.25) is 5.60 Å². The smallest absolute Gasteiger partial charge is 0.337 e. The fourth-order valence-corrected chi connectivity index (χ4v) is 2.61. The fourth-order valence-electron chi connectivity index (χ4n) is 2.61. The number of hydrogen-bond acceptors (Lipinski definition) is 6. The van der Waals surface area contributed by atoms with Gasteiger partial charge in [-0.3, -0.25) is 10.0 Å². The van der Waals surface area contributed by atoms with E-state index in [-0.39, 0.29) is 17.2 Å². The number of benzene rings is 1. The third kappa shape index (κ3) is 2.33. The average Bonchev–Trinajstić information content (AvgIpc) is 2.82. The van der Waals surface area contributed by atoms with Crippen molar-refractivity contribution in [3.05, 3.63) is 41.1 Å². The lowest BCUT2D eigenvalue weighted by Crippen LogP contribution is -2.52. The Morgan fingerprint density at radius 2 is 2.05 bits per heavy atom. The molecule has 2 rings (SSSR count). The van der Waals surface area contributed by atoms with E-state index < -0.39 is 29.9 Å². The topological polar surface area (TPSA) is 98.9 Å². The quantitative estimate of drug-likeness (QED) is 0.484. The van der Waals surface area contributed by atoms with Crippen molar-refractivity contribution in [2.45, 2.75) is 25.4 Å². The number of rotatable bonds is 5. The van der Waals surface area contributed by atoms with Crippen molar-refractivity contribution < 1.29 is 29.2 Å². The first kappa shape index (κ1) is 16.0. The Balaban J connectivity index is 2.62. The van der Waals surface area contributed by atoms with E-state index in [9.17, 15) is 19.9 Å². The van der Waals surface area contributed by atoms with Gasteiger partial charge < -0.3 is 14.7 Å². The van der Waals surface area contributed by atoms with Gasteiger partial charge in [0.05, 0.1) is 6.61 Å². The van der Waals surface area contributed by atoms with Crippen LogP contribution in [0.2, 0.25) is 0 Å².